The lowest BCUT2D eigenvalue weighted by atomic mass is 9.86. The van der Waals surface area contributed by atoms with E-state index in [2.05, 4.69) is 97.5 Å². The number of pyridine rings is 1. The third kappa shape index (κ3) is 4.18. The second-order valence-electron chi connectivity index (χ2n) is 9.96. The van der Waals surface area contributed by atoms with Crippen molar-refractivity contribution in [2.75, 3.05) is 19.6 Å². The standard InChI is InChI=1S/C27H32N8/c1-4-33-18-27(19-33,12-14-28)30-15-13-26(3,29)24-16-23-22(10-11-25-32-31-20(2)35(23)25)34(24)17-21-8-6-5-7-9-21/h5-11,13,15-16,30H,4,12,17-19,29H2,1-3H3/p+1/b15-13-. The molecule has 35 heavy (non-hydrogen) atoms. The molecule has 0 saturated carbocycles. The zero-order valence-corrected chi connectivity index (χ0v) is 20.7. The first-order chi connectivity index (χ1) is 16.9. The molecule has 1 unspecified atom stereocenters. The van der Waals surface area contributed by atoms with E-state index in [0.29, 0.717) is 6.42 Å². The number of aromatic nitrogens is 4. The van der Waals surface area contributed by atoms with Crippen molar-refractivity contribution in [2.45, 2.75) is 44.8 Å². The van der Waals surface area contributed by atoms with Gasteiger partial charge in [0.15, 0.2) is 11.2 Å². The maximum absolute atomic E-state index is 9.35. The minimum Gasteiger partial charge on any atom is -0.382 e. The van der Waals surface area contributed by atoms with Crippen LogP contribution in [-0.2, 0) is 12.1 Å². The first-order valence-electron chi connectivity index (χ1n) is 12.1. The van der Waals surface area contributed by atoms with Crippen molar-refractivity contribution < 1.29 is 5.73 Å². The van der Waals surface area contributed by atoms with Gasteiger partial charge in [0.1, 0.15) is 5.82 Å². The van der Waals surface area contributed by atoms with Gasteiger partial charge in [0, 0.05) is 26.6 Å². The summed E-state index contributed by atoms with van der Waals surface area (Å²) in [6, 6.07) is 19.2. The van der Waals surface area contributed by atoms with Crippen LogP contribution in [0.4, 0.5) is 0 Å². The number of rotatable bonds is 8. The van der Waals surface area contributed by atoms with Gasteiger partial charge in [-0.2, -0.15) is 5.26 Å². The van der Waals surface area contributed by atoms with E-state index in [0.717, 1.165) is 54.4 Å². The van der Waals surface area contributed by atoms with Gasteiger partial charge in [0.05, 0.1) is 34.8 Å². The van der Waals surface area contributed by atoms with Crippen LogP contribution in [0, 0.1) is 18.3 Å². The van der Waals surface area contributed by atoms with Gasteiger partial charge in [0.2, 0.25) is 0 Å². The largest absolute Gasteiger partial charge is 0.382 e. The van der Waals surface area contributed by atoms with Gasteiger partial charge in [-0.05, 0) is 49.5 Å². The zero-order valence-electron chi connectivity index (χ0n) is 20.7. The van der Waals surface area contributed by atoms with Crippen molar-refractivity contribution in [1.82, 2.24) is 29.4 Å². The highest BCUT2D eigenvalue weighted by molar-refractivity contribution is 5.81. The molecule has 4 heterocycles. The lowest BCUT2D eigenvalue weighted by molar-refractivity contribution is -0.463. The van der Waals surface area contributed by atoms with Crippen LogP contribution in [0.15, 0.2) is 60.8 Å². The van der Waals surface area contributed by atoms with Crippen LogP contribution in [0.3, 0.4) is 0 Å². The molecule has 1 aliphatic rings. The number of fused-ring (bicyclic) bond motifs is 3. The molecule has 4 aromatic rings. The Bertz CT molecular complexity index is 1410. The number of likely N-dealkylation sites (N-methyl/N-ethyl adjacent to an activating group) is 1. The molecule has 0 bridgehead atoms. The monoisotopic (exact) mass is 469 g/mol. The molecule has 0 aliphatic carbocycles. The van der Waals surface area contributed by atoms with E-state index in [-0.39, 0.29) is 5.54 Å². The number of quaternary nitrogens is 1. The number of aryl methyl sites for hydroxylation is 1. The molecule has 1 atom stereocenters. The van der Waals surface area contributed by atoms with Gasteiger partial charge in [0.25, 0.3) is 0 Å². The fourth-order valence-electron chi connectivity index (χ4n) is 5.18. The number of likely N-dealkylation sites (tertiary alicyclic amines) is 1. The molecule has 180 valence electrons. The number of nitriles is 1. The third-order valence-electron chi connectivity index (χ3n) is 7.13. The molecule has 0 amide bonds. The van der Waals surface area contributed by atoms with Gasteiger partial charge in [-0.25, -0.2) is 0 Å². The fourth-order valence-corrected chi connectivity index (χ4v) is 5.18. The number of nitrogens with zero attached hydrogens (tertiary/aromatic N) is 6. The van der Waals surface area contributed by atoms with E-state index in [4.69, 9.17) is 0 Å². The summed E-state index contributed by atoms with van der Waals surface area (Å²) in [5.74, 6) is 0.862. The smallest absolute Gasteiger partial charge is 0.161 e. The first kappa shape index (κ1) is 23.1. The molecule has 1 saturated heterocycles. The van der Waals surface area contributed by atoms with Crippen molar-refractivity contribution in [3.63, 3.8) is 0 Å². The maximum atomic E-state index is 9.35. The lowest BCUT2D eigenvalue weighted by Gasteiger charge is -2.49. The van der Waals surface area contributed by atoms with E-state index in [1.54, 1.807) is 0 Å². The summed E-state index contributed by atoms with van der Waals surface area (Å²) in [5, 5.41) is 21.5. The quantitative estimate of drug-likeness (QED) is 0.413. The Balaban J connectivity index is 1.54. The van der Waals surface area contributed by atoms with Crippen molar-refractivity contribution in [3.8, 4) is 6.07 Å². The molecule has 8 heteroatoms. The Morgan fingerprint density at radius 2 is 1.94 bits per heavy atom. The topological polar surface area (TPSA) is 102 Å². The van der Waals surface area contributed by atoms with Crippen molar-refractivity contribution in [3.05, 3.63) is 77.9 Å². The number of hydrogen-bond acceptors (Lipinski definition) is 5. The average Bonchev–Trinajstić information content (AvgIpc) is 3.38. The van der Waals surface area contributed by atoms with Crippen LogP contribution in [-0.4, -0.2) is 49.2 Å². The normalized spacial score (nSPS) is 17.5. The molecule has 4 N–H and O–H groups in total. The van der Waals surface area contributed by atoms with Crippen molar-refractivity contribution in [1.29, 1.82) is 5.26 Å². The Morgan fingerprint density at radius 3 is 2.66 bits per heavy atom. The Kier molecular flexibility index (Phi) is 5.83. The molecule has 1 fully saturated rings. The van der Waals surface area contributed by atoms with Crippen molar-refractivity contribution in [2.24, 2.45) is 0 Å². The van der Waals surface area contributed by atoms with Gasteiger partial charge in [-0.3, -0.25) is 9.30 Å². The van der Waals surface area contributed by atoms with E-state index in [1.807, 2.05) is 25.3 Å². The summed E-state index contributed by atoms with van der Waals surface area (Å²) in [7, 11) is 0. The molecule has 1 aliphatic heterocycles. The van der Waals surface area contributed by atoms with E-state index < -0.39 is 5.54 Å². The predicted molar refractivity (Wildman–Crippen MR) is 136 cm³/mol. The maximum Gasteiger partial charge on any atom is 0.161 e. The third-order valence-corrected chi connectivity index (χ3v) is 7.13. The average molecular weight is 470 g/mol. The van der Waals surface area contributed by atoms with Crippen LogP contribution in [0.2, 0.25) is 0 Å². The Labute approximate surface area is 205 Å². The van der Waals surface area contributed by atoms with Gasteiger partial charge < -0.3 is 15.6 Å². The van der Waals surface area contributed by atoms with Gasteiger partial charge >= 0.3 is 0 Å². The van der Waals surface area contributed by atoms with Crippen LogP contribution in [0.5, 0.6) is 0 Å². The summed E-state index contributed by atoms with van der Waals surface area (Å²) in [6.07, 6.45) is 4.61. The number of nitrogens with one attached hydrogen (secondary N) is 1. The minimum absolute atomic E-state index is 0.181. The van der Waals surface area contributed by atoms with Gasteiger partial charge in [-0.15, -0.1) is 10.2 Å². The molecule has 0 spiro atoms. The Hall–Kier alpha value is -3.67. The van der Waals surface area contributed by atoms with Crippen LogP contribution in [0.1, 0.15) is 37.4 Å². The van der Waals surface area contributed by atoms with Crippen LogP contribution in [0.25, 0.3) is 16.7 Å². The molecule has 1 aromatic carbocycles. The first-order valence-corrected chi connectivity index (χ1v) is 12.1. The predicted octanol–water partition coefficient (Wildman–Crippen LogP) is 2.59. The van der Waals surface area contributed by atoms with Crippen molar-refractivity contribution >= 4 is 16.7 Å². The Morgan fingerprint density at radius 1 is 1.17 bits per heavy atom. The second-order valence-corrected chi connectivity index (χ2v) is 9.96. The zero-order chi connectivity index (χ0) is 24.6. The number of benzene rings is 1. The highest BCUT2D eigenvalue weighted by atomic mass is 15.3. The summed E-state index contributed by atoms with van der Waals surface area (Å²) < 4.78 is 4.45. The number of hydrogen-bond donors (Lipinski definition) is 2. The van der Waals surface area contributed by atoms with E-state index in [9.17, 15) is 5.26 Å². The summed E-state index contributed by atoms with van der Waals surface area (Å²) in [4.78, 5) is 2.34. The fraction of sp³-hybridized carbons (Fsp3) is 0.370. The molecule has 5 rings (SSSR count). The molecule has 3 aromatic heterocycles. The molecular formula is C27H33N8+. The molecule has 8 nitrogen and oxygen atoms in total. The SMILES string of the molecule is CCN1CC(CC#N)(N/C=C\C(C)([NH3+])c2cc3c(ccc4nnc(C)n43)n2Cc2ccccc2)C1. The summed E-state index contributed by atoms with van der Waals surface area (Å²) in [5.41, 5.74) is 9.29. The van der Waals surface area contributed by atoms with Crippen LogP contribution < -0.4 is 11.1 Å². The highest BCUT2D eigenvalue weighted by Crippen LogP contribution is 2.30. The van der Waals surface area contributed by atoms with E-state index >= 15 is 0 Å². The lowest BCUT2D eigenvalue weighted by Crippen LogP contribution is -2.69. The van der Waals surface area contributed by atoms with E-state index in [1.165, 1.54) is 5.56 Å². The molecule has 0 radical (unpaired) electrons. The minimum atomic E-state index is -0.503. The summed E-state index contributed by atoms with van der Waals surface area (Å²) >= 11 is 0. The molecular weight excluding hydrogens is 436 g/mol. The summed E-state index contributed by atoms with van der Waals surface area (Å²) in [6.45, 7) is 9.77. The second kappa shape index (κ2) is 8.84. The highest BCUT2D eigenvalue weighted by Gasteiger charge is 2.41. The van der Waals surface area contributed by atoms with Gasteiger partial charge in [-0.1, -0.05) is 37.3 Å². The van der Waals surface area contributed by atoms with Crippen LogP contribution >= 0.6 is 0 Å².